The molecule has 0 spiro atoms. The second kappa shape index (κ2) is 21.2. The number of likely N-dealkylation sites (tertiary alicyclic amines) is 2. The van der Waals surface area contributed by atoms with E-state index in [1.54, 1.807) is 23.6 Å². The number of amidine groups is 1. The third-order valence-corrected chi connectivity index (χ3v) is 10.1. The summed E-state index contributed by atoms with van der Waals surface area (Å²) in [5.41, 5.74) is 9.72. The Balaban J connectivity index is 0.000000220. The van der Waals surface area contributed by atoms with Crippen LogP contribution in [0.2, 0.25) is 0 Å². The number of carbonyl (C=O) groups excluding carboxylic acids is 3. The molecule has 0 aliphatic carbocycles. The predicted molar refractivity (Wildman–Crippen MR) is 236 cm³/mol. The number of aliphatic imine (C=N–C) groups is 1. The lowest BCUT2D eigenvalue weighted by Gasteiger charge is -2.29. The standard InChI is InChI=1S/C20H24N4O3.C18H21N3O2.C7H14N2O3/c1-5-13-8-9-14-15(11-13)22-18(21-14)16-7-6-10-24(16)19(25)17(12(2)3)23-20(26)27-4;1-5-12-8-9-13-14(11-12)20-16(19-13)15-7-6-10-21(15)17(22)23-18(2,3)4;1-4(2)5(6(10)11)9-7(8)12-3/h1,8-9,11-12,16-17H,6-7,10H2,2-4H3,(H,21,22)(H,23,26);1,8-9,11,15H,6-7,10H2,2-4H3,(H,19,20);4-5H,1-3H3,(H2,8,9)(H,10,11)/t16-,17-;15-;5-/m000/s1. The molecule has 6 rings (SSSR count). The van der Waals surface area contributed by atoms with E-state index < -0.39 is 29.7 Å². The van der Waals surface area contributed by atoms with Gasteiger partial charge in [0.1, 0.15) is 23.3 Å². The number of nitrogens with one attached hydrogen (secondary N) is 3. The number of fused-ring (bicyclic) bond motifs is 2. The molecule has 0 unspecified atom stereocenters. The summed E-state index contributed by atoms with van der Waals surface area (Å²) in [5.74, 6) is 5.48. The Morgan fingerprint density at radius 1 is 0.855 bits per heavy atom. The Bertz CT molecular complexity index is 2330. The number of imidazole rings is 2. The van der Waals surface area contributed by atoms with Crippen LogP contribution >= 0.6 is 0 Å². The first-order chi connectivity index (χ1) is 29.3. The van der Waals surface area contributed by atoms with Crippen molar-refractivity contribution in [2.24, 2.45) is 22.6 Å². The normalized spacial score (nSPS) is 17.3. The SMILES string of the molecule is C#Cc1ccc2nc([C@@H]3CCCN3C(=O)OC(C)(C)C)[nH]c2c1.C#Cc1ccc2nc([C@@H]3CCCN3C(=O)[C@@H](NC(=O)OC)C(C)C)[nH]c2c1.COC(N)=N[C@H](C(=O)O)C(C)C. The van der Waals surface area contributed by atoms with Crippen molar-refractivity contribution in [2.75, 3.05) is 27.3 Å². The maximum atomic E-state index is 13.1. The number of terminal acetylenes is 2. The Hall–Kier alpha value is -6.75. The van der Waals surface area contributed by atoms with Gasteiger partial charge in [0.2, 0.25) is 5.91 Å². The van der Waals surface area contributed by atoms with Gasteiger partial charge in [-0.25, -0.2) is 29.3 Å². The largest absolute Gasteiger partial charge is 0.480 e. The zero-order valence-corrected chi connectivity index (χ0v) is 36.9. The van der Waals surface area contributed by atoms with Crippen molar-refractivity contribution in [3.8, 4) is 24.7 Å². The summed E-state index contributed by atoms with van der Waals surface area (Å²) in [5, 5.41) is 11.3. The summed E-state index contributed by atoms with van der Waals surface area (Å²) >= 11 is 0. The van der Waals surface area contributed by atoms with Crippen LogP contribution in [-0.2, 0) is 23.8 Å². The molecule has 2 fully saturated rings. The number of carboxylic acid groups (broad SMARTS) is 1. The maximum absolute atomic E-state index is 13.1. The van der Waals surface area contributed by atoms with E-state index in [2.05, 4.69) is 51.6 Å². The average molecular weight is 854 g/mol. The molecule has 2 aliphatic rings. The van der Waals surface area contributed by atoms with E-state index in [-0.39, 0.29) is 41.9 Å². The lowest BCUT2D eigenvalue weighted by atomic mass is 10.0. The average Bonchev–Trinajstić information content (AvgIpc) is 4.06. The Labute approximate surface area is 362 Å². The van der Waals surface area contributed by atoms with E-state index in [9.17, 15) is 19.2 Å². The fourth-order valence-corrected chi connectivity index (χ4v) is 7.02. The summed E-state index contributed by atoms with van der Waals surface area (Å²) in [6.07, 6.45) is 13.5. The van der Waals surface area contributed by atoms with Crippen LogP contribution in [0, 0.1) is 36.5 Å². The number of ether oxygens (including phenoxy) is 3. The molecule has 6 N–H and O–H groups in total. The molecule has 4 atom stereocenters. The van der Waals surface area contributed by atoms with Gasteiger partial charge in [0.05, 0.1) is 48.4 Å². The Morgan fingerprint density at radius 3 is 1.77 bits per heavy atom. The quantitative estimate of drug-likeness (QED) is 0.0754. The number of aliphatic carboxylic acids is 1. The number of hydrogen-bond acceptors (Lipinski definition) is 10. The lowest BCUT2D eigenvalue weighted by Crippen LogP contribution is -2.51. The van der Waals surface area contributed by atoms with E-state index in [1.165, 1.54) is 14.2 Å². The number of benzene rings is 2. The maximum Gasteiger partial charge on any atom is 0.410 e. The van der Waals surface area contributed by atoms with Crippen molar-refractivity contribution < 1.29 is 38.5 Å². The van der Waals surface area contributed by atoms with Crippen LogP contribution in [0.4, 0.5) is 9.59 Å². The highest BCUT2D eigenvalue weighted by molar-refractivity contribution is 5.87. The molecule has 0 bridgehead atoms. The van der Waals surface area contributed by atoms with Crippen molar-refractivity contribution in [2.45, 2.75) is 104 Å². The van der Waals surface area contributed by atoms with Gasteiger partial charge in [-0.1, -0.05) is 39.5 Å². The van der Waals surface area contributed by atoms with Crippen molar-refractivity contribution >= 4 is 52.2 Å². The van der Waals surface area contributed by atoms with Crippen molar-refractivity contribution in [3.05, 3.63) is 59.2 Å². The molecule has 0 saturated carbocycles. The molecular formula is C45H59N9O8. The summed E-state index contributed by atoms with van der Waals surface area (Å²) < 4.78 is 14.7. The number of amides is 3. The van der Waals surface area contributed by atoms with Gasteiger partial charge in [-0.15, -0.1) is 12.8 Å². The van der Waals surface area contributed by atoms with Crippen molar-refractivity contribution in [3.63, 3.8) is 0 Å². The first kappa shape index (κ1) is 47.9. The van der Waals surface area contributed by atoms with Gasteiger partial charge in [0.15, 0.2) is 6.04 Å². The minimum Gasteiger partial charge on any atom is -0.480 e. The van der Waals surface area contributed by atoms with Gasteiger partial charge in [-0.2, -0.15) is 0 Å². The Kier molecular flexibility index (Phi) is 16.4. The number of alkyl carbamates (subject to hydrolysis) is 1. The smallest absolute Gasteiger partial charge is 0.410 e. The number of methoxy groups -OCH3 is 2. The van der Waals surface area contributed by atoms with Gasteiger partial charge in [0.25, 0.3) is 6.02 Å². The number of aromatic nitrogens is 4. The monoisotopic (exact) mass is 853 g/mol. The molecule has 17 nitrogen and oxygen atoms in total. The van der Waals surface area contributed by atoms with Crippen molar-refractivity contribution in [1.82, 2.24) is 35.1 Å². The zero-order valence-electron chi connectivity index (χ0n) is 36.9. The lowest BCUT2D eigenvalue weighted by molar-refractivity contribution is -0.139. The first-order valence-electron chi connectivity index (χ1n) is 20.5. The summed E-state index contributed by atoms with van der Waals surface area (Å²) in [4.78, 5) is 70.8. The van der Waals surface area contributed by atoms with Gasteiger partial charge >= 0.3 is 18.2 Å². The molecule has 0 radical (unpaired) electrons. The van der Waals surface area contributed by atoms with Crippen LogP contribution in [0.3, 0.4) is 0 Å². The number of nitrogens with zero attached hydrogens (tertiary/aromatic N) is 5. The fraction of sp³-hybridized carbons (Fsp3) is 0.489. The molecule has 3 amide bonds. The predicted octanol–water partition coefficient (Wildman–Crippen LogP) is 6.26. The van der Waals surface area contributed by atoms with E-state index in [0.717, 1.165) is 70.5 Å². The van der Waals surface area contributed by atoms with Gasteiger partial charge < -0.3 is 45.2 Å². The second-order valence-electron chi connectivity index (χ2n) is 16.6. The molecule has 2 aliphatic heterocycles. The van der Waals surface area contributed by atoms with E-state index in [0.29, 0.717) is 13.1 Å². The minimum absolute atomic E-state index is 0.0632. The van der Waals surface area contributed by atoms with Crippen LogP contribution in [0.1, 0.15) is 109 Å². The summed E-state index contributed by atoms with van der Waals surface area (Å²) in [6.45, 7) is 14.2. The molecule has 4 aromatic rings. The third-order valence-electron chi connectivity index (χ3n) is 10.1. The van der Waals surface area contributed by atoms with E-state index in [4.69, 9.17) is 28.4 Å². The molecule has 62 heavy (non-hydrogen) atoms. The van der Waals surface area contributed by atoms with Crippen molar-refractivity contribution in [1.29, 1.82) is 0 Å². The molecular weight excluding hydrogens is 795 g/mol. The van der Waals surface area contributed by atoms with Crippen LogP contribution in [0.15, 0.2) is 41.4 Å². The van der Waals surface area contributed by atoms with Gasteiger partial charge in [0, 0.05) is 24.2 Å². The summed E-state index contributed by atoms with van der Waals surface area (Å²) in [7, 11) is 2.63. The Morgan fingerprint density at radius 2 is 1.35 bits per heavy atom. The molecule has 2 aromatic heterocycles. The number of hydrogen-bond donors (Lipinski definition) is 5. The third kappa shape index (κ3) is 12.4. The highest BCUT2D eigenvalue weighted by Crippen LogP contribution is 2.34. The van der Waals surface area contributed by atoms with Crippen LogP contribution < -0.4 is 11.1 Å². The molecule has 2 saturated heterocycles. The van der Waals surface area contributed by atoms with E-state index >= 15 is 0 Å². The van der Waals surface area contributed by atoms with Gasteiger partial charge in [-0.05, 0) is 94.7 Å². The second-order valence-corrected chi connectivity index (χ2v) is 16.6. The molecule has 332 valence electrons. The van der Waals surface area contributed by atoms with E-state index in [1.807, 2.05) is 71.0 Å². The number of H-pyrrole nitrogens is 2. The van der Waals surface area contributed by atoms with Crippen LogP contribution in [0.5, 0.6) is 0 Å². The number of aromatic amines is 2. The highest BCUT2D eigenvalue weighted by atomic mass is 16.6. The molecule has 17 heteroatoms. The summed E-state index contributed by atoms with van der Waals surface area (Å²) in [6, 6.07) is 9.47. The number of carboxylic acids is 1. The van der Waals surface area contributed by atoms with Gasteiger partial charge in [-0.3, -0.25) is 9.69 Å². The first-order valence-corrected chi connectivity index (χ1v) is 20.5. The fourth-order valence-electron chi connectivity index (χ4n) is 7.02. The van der Waals surface area contributed by atoms with Crippen LogP contribution in [-0.4, -0.2) is 110 Å². The number of nitrogens with two attached hydrogens (primary N) is 1. The molecule has 4 heterocycles. The topological polar surface area (TPSA) is 230 Å². The van der Waals surface area contributed by atoms with Crippen LogP contribution in [0.25, 0.3) is 22.1 Å². The minimum atomic E-state index is -0.995. The zero-order chi connectivity index (χ0) is 45.9. The number of rotatable bonds is 8. The number of carbonyl (C=O) groups is 4. The highest BCUT2D eigenvalue weighted by Gasteiger charge is 2.38. The molecule has 2 aromatic carbocycles.